The van der Waals surface area contributed by atoms with Gasteiger partial charge in [-0.15, -0.1) is 0 Å². The number of rotatable bonds is 3. The summed E-state index contributed by atoms with van der Waals surface area (Å²) in [5.41, 5.74) is 12.5. The number of hydrogen-bond acceptors (Lipinski definition) is 6. The molecule has 9 heteroatoms. The Hall–Kier alpha value is -3.71. The molecule has 2 aromatic rings. The Balaban J connectivity index is 2.20. The molecule has 0 bridgehead atoms. The predicted octanol–water partition coefficient (Wildman–Crippen LogP) is 3.64. The van der Waals surface area contributed by atoms with Gasteiger partial charge in [-0.05, 0) is 63.2 Å². The fourth-order valence-corrected chi connectivity index (χ4v) is 1.95. The number of nitrogens with one attached hydrogen (secondary N) is 1. The van der Waals surface area contributed by atoms with Gasteiger partial charge in [0.05, 0.1) is 5.69 Å². The van der Waals surface area contributed by atoms with E-state index in [9.17, 15) is 9.59 Å². The van der Waals surface area contributed by atoms with E-state index >= 15 is 0 Å². The van der Waals surface area contributed by atoms with Crippen LogP contribution in [-0.4, -0.2) is 17.6 Å². The molecule has 2 aromatic carbocycles. The van der Waals surface area contributed by atoms with Gasteiger partial charge in [0, 0.05) is 16.9 Å². The van der Waals surface area contributed by atoms with Crippen LogP contribution in [-0.2, 0) is 4.74 Å². The molecular weight excluding hydrogens is 348 g/mol. The zero-order valence-electron chi connectivity index (χ0n) is 15.3. The largest absolute Gasteiger partial charge is 0.444 e. The normalized spacial score (nSPS) is 10.5. The molecule has 5 N–H and O–H groups in total. The summed E-state index contributed by atoms with van der Waals surface area (Å²) in [5.74, 6) is -0.573. The van der Waals surface area contributed by atoms with Gasteiger partial charge in [0.2, 0.25) is 10.0 Å². The third-order valence-electron chi connectivity index (χ3n) is 3.10. The highest BCUT2D eigenvalue weighted by Gasteiger charge is 2.18. The van der Waals surface area contributed by atoms with Crippen LogP contribution in [0.3, 0.4) is 0 Å². The van der Waals surface area contributed by atoms with E-state index in [1.165, 1.54) is 24.3 Å². The second-order valence-corrected chi connectivity index (χ2v) is 6.62. The maximum absolute atomic E-state index is 12.0. The topological polar surface area (TPSA) is 146 Å². The lowest BCUT2D eigenvalue weighted by molar-refractivity contribution is 0.0635. The molecule has 0 heterocycles. The number of hydrogen-bond donors (Lipinski definition) is 3. The molecule has 2 amide bonds. The van der Waals surface area contributed by atoms with Crippen LogP contribution in [0.15, 0.2) is 52.7 Å². The van der Waals surface area contributed by atoms with Crippen molar-refractivity contribution in [3.05, 3.63) is 48.0 Å². The summed E-state index contributed by atoms with van der Waals surface area (Å²) in [7, 11) is 0. The van der Waals surface area contributed by atoms with Crippen LogP contribution in [0.5, 0.6) is 0 Å². The zero-order chi connectivity index (χ0) is 20.0. The van der Waals surface area contributed by atoms with Gasteiger partial charge in [0.15, 0.2) is 10.8 Å². The summed E-state index contributed by atoms with van der Waals surface area (Å²) in [6.45, 7) is 5.23. The number of carbonyl (C=O) groups excluding carboxylic acids is 2. The second-order valence-electron chi connectivity index (χ2n) is 6.62. The number of nitrogens with two attached hydrogens (primary N) is 2. The standard InChI is InChI=1S/C18H20N6O3/c1-18(2,3)27-17(26)21-15-10-13(20)8-9-14(15)22-24-23-16(25)11-4-6-12(19)7-5-11/h4-10H,1-3H3,(H4,19,20,21,25,26)/p+1. The van der Waals surface area contributed by atoms with Gasteiger partial charge < -0.3 is 16.2 Å². The Bertz CT molecular complexity index is 910. The summed E-state index contributed by atoms with van der Waals surface area (Å²) < 4.78 is 5.20. The van der Waals surface area contributed by atoms with Gasteiger partial charge in [0.1, 0.15) is 5.60 Å². The minimum Gasteiger partial charge on any atom is -0.444 e. The van der Waals surface area contributed by atoms with E-state index in [2.05, 4.69) is 20.5 Å². The molecule has 9 nitrogen and oxygen atoms in total. The number of nitrogen functional groups attached to an aromatic ring is 2. The van der Waals surface area contributed by atoms with Crippen molar-refractivity contribution in [2.45, 2.75) is 26.4 Å². The van der Waals surface area contributed by atoms with Crippen LogP contribution in [0.1, 0.15) is 31.1 Å². The van der Waals surface area contributed by atoms with Crippen molar-refractivity contribution in [1.82, 2.24) is 4.91 Å². The number of ether oxygens (including phenoxy) is 1. The van der Waals surface area contributed by atoms with Crippen LogP contribution in [0.25, 0.3) is 0 Å². The van der Waals surface area contributed by atoms with Gasteiger partial charge in [-0.3, -0.25) is 10.1 Å². The number of benzene rings is 2. The molecule has 0 saturated heterocycles. The average Bonchev–Trinajstić information content (AvgIpc) is 2.55. The number of carbonyl (C=O) groups is 2. The van der Waals surface area contributed by atoms with Crippen LogP contribution in [0.2, 0.25) is 0 Å². The van der Waals surface area contributed by atoms with Gasteiger partial charge in [-0.2, -0.15) is 0 Å². The van der Waals surface area contributed by atoms with E-state index in [0.29, 0.717) is 16.9 Å². The quantitative estimate of drug-likeness (QED) is 0.429. The molecule has 2 rings (SSSR count). The van der Waals surface area contributed by atoms with Crippen LogP contribution in [0, 0.1) is 0 Å². The van der Waals surface area contributed by atoms with Crippen LogP contribution >= 0.6 is 0 Å². The first-order chi connectivity index (χ1) is 12.6. The van der Waals surface area contributed by atoms with Crippen molar-refractivity contribution < 1.29 is 14.3 Å². The minimum atomic E-state index is -0.667. The summed E-state index contributed by atoms with van der Waals surface area (Å²) >= 11 is 0. The molecule has 0 saturated carbocycles. The number of amides is 2. The maximum atomic E-state index is 12.0. The van der Waals surface area contributed by atoms with E-state index in [1.54, 1.807) is 39.0 Å². The lowest BCUT2D eigenvalue weighted by Gasteiger charge is -2.19. The third kappa shape index (κ3) is 6.26. The first kappa shape index (κ1) is 19.6. The van der Waals surface area contributed by atoms with Gasteiger partial charge in [-0.25, -0.2) is 4.79 Å². The first-order valence-electron chi connectivity index (χ1n) is 8.05. The van der Waals surface area contributed by atoms with Crippen LogP contribution < -0.4 is 21.7 Å². The molecule has 0 atom stereocenters. The summed E-state index contributed by atoms with van der Waals surface area (Å²) in [6, 6.07) is 10.9. The fraction of sp³-hybridized carbons (Fsp3) is 0.222. The lowest BCUT2D eigenvalue weighted by atomic mass is 10.2. The molecule has 0 spiro atoms. The van der Waals surface area contributed by atoms with E-state index in [1.807, 2.05) is 0 Å². The number of nitrogens with zero attached hydrogens (tertiary/aromatic N) is 3. The van der Waals surface area contributed by atoms with Crippen molar-refractivity contribution in [1.29, 1.82) is 0 Å². The Morgan fingerprint density at radius 3 is 2.30 bits per heavy atom. The average molecular weight is 369 g/mol. The monoisotopic (exact) mass is 369 g/mol. The van der Waals surface area contributed by atoms with E-state index < -0.39 is 17.6 Å². The molecule has 140 valence electrons. The highest BCUT2D eigenvalue weighted by atomic mass is 16.6. The Labute approximate surface area is 156 Å². The third-order valence-corrected chi connectivity index (χ3v) is 3.10. The van der Waals surface area contributed by atoms with Gasteiger partial charge in [0.25, 0.3) is 0 Å². The Kier molecular flexibility index (Phi) is 5.89. The van der Waals surface area contributed by atoms with Crippen LogP contribution in [0.4, 0.5) is 27.5 Å². The number of anilines is 3. The van der Waals surface area contributed by atoms with E-state index in [0.717, 1.165) is 0 Å². The van der Waals surface area contributed by atoms with Crippen molar-refractivity contribution >= 4 is 34.7 Å². The Morgan fingerprint density at radius 1 is 1.04 bits per heavy atom. The zero-order valence-corrected chi connectivity index (χ0v) is 15.3. The molecule has 0 aliphatic rings. The predicted molar refractivity (Wildman–Crippen MR) is 103 cm³/mol. The minimum absolute atomic E-state index is 0.268. The fourth-order valence-electron chi connectivity index (χ4n) is 1.95. The first-order valence-corrected chi connectivity index (χ1v) is 8.05. The SMILES string of the molecule is CC(C)(C)OC(=O)Nc1cc(N)ccc1N=[N+]=NC(=O)c1ccc(N)cc1. The van der Waals surface area contributed by atoms with E-state index in [-0.39, 0.29) is 11.4 Å². The van der Waals surface area contributed by atoms with Gasteiger partial charge in [-0.1, -0.05) is 0 Å². The molecule has 27 heavy (non-hydrogen) atoms. The molecule has 0 fully saturated rings. The van der Waals surface area contributed by atoms with Crippen molar-refractivity contribution in [3.8, 4) is 0 Å². The maximum Gasteiger partial charge on any atom is 0.412 e. The molecule has 0 aromatic heterocycles. The summed E-state index contributed by atoms with van der Waals surface area (Å²) in [4.78, 5) is 27.4. The highest BCUT2D eigenvalue weighted by Crippen LogP contribution is 2.27. The van der Waals surface area contributed by atoms with E-state index in [4.69, 9.17) is 16.2 Å². The van der Waals surface area contributed by atoms with Crippen molar-refractivity contribution in [2.75, 3.05) is 16.8 Å². The highest BCUT2D eigenvalue weighted by molar-refractivity contribution is 5.94. The molecular formula is C18H21N6O3+. The second kappa shape index (κ2) is 8.11. The molecule has 0 radical (unpaired) electrons. The lowest BCUT2D eigenvalue weighted by Crippen LogP contribution is -2.27. The van der Waals surface area contributed by atoms with Crippen molar-refractivity contribution in [2.24, 2.45) is 10.2 Å². The molecule has 0 unspecified atom stereocenters. The molecule has 0 aliphatic heterocycles. The Morgan fingerprint density at radius 2 is 1.67 bits per heavy atom. The van der Waals surface area contributed by atoms with Crippen molar-refractivity contribution in [3.63, 3.8) is 0 Å². The summed E-state index contributed by atoms with van der Waals surface area (Å²) in [6.07, 6.45) is -0.667. The molecule has 0 aliphatic carbocycles. The van der Waals surface area contributed by atoms with Gasteiger partial charge >= 0.3 is 12.0 Å². The smallest absolute Gasteiger partial charge is 0.412 e. The summed E-state index contributed by atoms with van der Waals surface area (Å²) in [5, 5.41) is 9.94.